The lowest BCUT2D eigenvalue weighted by molar-refractivity contribution is 0.199. The van der Waals surface area contributed by atoms with E-state index in [9.17, 15) is 9.59 Å². The molecule has 0 atom stereocenters. The first-order valence-corrected chi connectivity index (χ1v) is 7.20. The third-order valence-electron chi connectivity index (χ3n) is 3.07. The highest BCUT2D eigenvalue weighted by molar-refractivity contribution is 4.86. The van der Waals surface area contributed by atoms with Crippen molar-refractivity contribution in [1.29, 1.82) is 0 Å². The van der Waals surface area contributed by atoms with Crippen LogP contribution >= 0.6 is 0 Å². The molecule has 0 aromatic carbocycles. The van der Waals surface area contributed by atoms with Gasteiger partial charge in [0.2, 0.25) is 0 Å². The van der Waals surface area contributed by atoms with Gasteiger partial charge in [-0.25, -0.2) is 4.79 Å². The molecule has 0 aliphatic heterocycles. The highest BCUT2D eigenvalue weighted by atomic mass is 16.5. The van der Waals surface area contributed by atoms with Crippen LogP contribution in [0.3, 0.4) is 0 Å². The molecule has 0 saturated heterocycles. The Morgan fingerprint density at radius 2 is 2.00 bits per heavy atom. The summed E-state index contributed by atoms with van der Waals surface area (Å²) in [4.78, 5) is 23.8. The second kappa shape index (κ2) is 9.50. The van der Waals surface area contributed by atoms with Crippen LogP contribution in [0, 0.1) is 0 Å². The van der Waals surface area contributed by atoms with E-state index >= 15 is 0 Å². The van der Waals surface area contributed by atoms with Gasteiger partial charge in [0.25, 0.3) is 5.56 Å². The van der Waals surface area contributed by atoms with Gasteiger partial charge in [0.15, 0.2) is 0 Å². The van der Waals surface area contributed by atoms with E-state index in [1.54, 1.807) is 17.9 Å². The molecule has 0 spiro atoms. The topological polar surface area (TPSA) is 65.3 Å². The van der Waals surface area contributed by atoms with Crippen LogP contribution in [-0.2, 0) is 17.8 Å². The highest BCUT2D eigenvalue weighted by Crippen LogP contribution is 1.90. The molecule has 0 bridgehead atoms. The Morgan fingerprint density at radius 1 is 1.20 bits per heavy atom. The van der Waals surface area contributed by atoms with Crippen molar-refractivity contribution in [2.24, 2.45) is 0 Å². The van der Waals surface area contributed by atoms with Crippen LogP contribution in [0.5, 0.6) is 0 Å². The summed E-state index contributed by atoms with van der Waals surface area (Å²) in [5.74, 6) is 0. The molecule has 0 fully saturated rings. The molecule has 1 aromatic rings. The fourth-order valence-corrected chi connectivity index (χ4v) is 1.99. The van der Waals surface area contributed by atoms with Gasteiger partial charge in [0, 0.05) is 39.0 Å². The van der Waals surface area contributed by atoms with Gasteiger partial charge in [0.1, 0.15) is 0 Å². The molecule has 0 amide bonds. The average Bonchev–Trinajstić information content (AvgIpc) is 2.44. The predicted octanol–water partition coefficient (Wildman–Crippen LogP) is 0.436. The van der Waals surface area contributed by atoms with Gasteiger partial charge in [-0.3, -0.25) is 9.36 Å². The van der Waals surface area contributed by atoms with Crippen LogP contribution in [0.4, 0.5) is 0 Å². The largest absolute Gasteiger partial charge is 0.383 e. The lowest BCUT2D eigenvalue weighted by Gasteiger charge is -2.09. The maximum absolute atomic E-state index is 12.1. The summed E-state index contributed by atoms with van der Waals surface area (Å²) in [5.41, 5.74) is -0.415. The SMILES string of the molecule is CCCn1ccc(=O)n(CCCCNCCOC)c1=O. The molecule has 114 valence electrons. The Morgan fingerprint density at radius 3 is 2.70 bits per heavy atom. The molecule has 0 aliphatic carbocycles. The first kappa shape index (κ1) is 16.7. The van der Waals surface area contributed by atoms with E-state index in [1.807, 2.05) is 6.92 Å². The van der Waals surface area contributed by atoms with Crippen LogP contribution in [-0.4, -0.2) is 35.9 Å². The summed E-state index contributed by atoms with van der Waals surface area (Å²) in [6.07, 6.45) is 4.20. The van der Waals surface area contributed by atoms with E-state index in [0.29, 0.717) is 19.7 Å². The van der Waals surface area contributed by atoms with E-state index in [1.165, 1.54) is 10.6 Å². The van der Waals surface area contributed by atoms with Gasteiger partial charge in [-0.15, -0.1) is 0 Å². The Balaban J connectivity index is 2.45. The number of aryl methyl sites for hydroxylation is 1. The minimum absolute atomic E-state index is 0.202. The lowest BCUT2D eigenvalue weighted by atomic mass is 10.3. The van der Waals surface area contributed by atoms with Crippen LogP contribution in [0.2, 0.25) is 0 Å². The third kappa shape index (κ3) is 5.30. The summed E-state index contributed by atoms with van der Waals surface area (Å²) in [5, 5.41) is 3.24. The van der Waals surface area contributed by atoms with Gasteiger partial charge in [-0.2, -0.15) is 0 Å². The number of nitrogens with zero attached hydrogens (tertiary/aromatic N) is 2. The first-order chi connectivity index (χ1) is 9.70. The molecule has 20 heavy (non-hydrogen) atoms. The minimum atomic E-state index is -0.213. The third-order valence-corrected chi connectivity index (χ3v) is 3.07. The number of hydrogen-bond acceptors (Lipinski definition) is 4. The fraction of sp³-hybridized carbons (Fsp3) is 0.714. The average molecular weight is 283 g/mol. The van der Waals surface area contributed by atoms with Crippen molar-refractivity contribution in [2.45, 2.75) is 39.3 Å². The summed E-state index contributed by atoms with van der Waals surface area (Å²) >= 11 is 0. The maximum atomic E-state index is 12.1. The van der Waals surface area contributed by atoms with Crippen molar-refractivity contribution in [1.82, 2.24) is 14.5 Å². The second-order valence-electron chi connectivity index (χ2n) is 4.73. The minimum Gasteiger partial charge on any atom is -0.383 e. The van der Waals surface area contributed by atoms with Crippen LogP contribution in [0.15, 0.2) is 21.9 Å². The van der Waals surface area contributed by atoms with Crippen molar-refractivity contribution < 1.29 is 4.74 Å². The number of aromatic nitrogens is 2. The normalized spacial score (nSPS) is 10.9. The van der Waals surface area contributed by atoms with Gasteiger partial charge in [-0.05, 0) is 25.8 Å². The zero-order valence-corrected chi connectivity index (χ0v) is 12.4. The summed E-state index contributed by atoms with van der Waals surface area (Å²) in [6.45, 7) is 5.53. The zero-order chi connectivity index (χ0) is 14.8. The Hall–Kier alpha value is -1.40. The van der Waals surface area contributed by atoms with Crippen LogP contribution in [0.1, 0.15) is 26.2 Å². The van der Waals surface area contributed by atoms with Crippen LogP contribution in [0.25, 0.3) is 0 Å². The van der Waals surface area contributed by atoms with E-state index in [2.05, 4.69) is 5.32 Å². The Labute approximate surface area is 119 Å². The number of ether oxygens (including phenoxy) is 1. The molecule has 1 N–H and O–H groups in total. The van der Waals surface area contributed by atoms with E-state index in [-0.39, 0.29) is 11.2 Å². The molecule has 1 heterocycles. The van der Waals surface area contributed by atoms with Gasteiger partial charge in [-0.1, -0.05) is 6.92 Å². The molecule has 6 nitrogen and oxygen atoms in total. The molecule has 0 saturated carbocycles. The Bertz CT molecular complexity index is 493. The Kier molecular flexibility index (Phi) is 7.91. The molecular formula is C14H25N3O3. The fourth-order valence-electron chi connectivity index (χ4n) is 1.99. The molecular weight excluding hydrogens is 258 g/mol. The number of rotatable bonds is 10. The first-order valence-electron chi connectivity index (χ1n) is 7.20. The zero-order valence-electron chi connectivity index (χ0n) is 12.4. The lowest BCUT2D eigenvalue weighted by Crippen LogP contribution is -2.39. The molecule has 1 aromatic heterocycles. The van der Waals surface area contributed by atoms with Crippen molar-refractivity contribution in [3.05, 3.63) is 33.1 Å². The van der Waals surface area contributed by atoms with E-state index in [4.69, 9.17) is 4.74 Å². The molecule has 6 heteroatoms. The van der Waals surface area contributed by atoms with Gasteiger partial charge in [0.05, 0.1) is 6.61 Å². The predicted molar refractivity (Wildman–Crippen MR) is 79.2 cm³/mol. The summed E-state index contributed by atoms with van der Waals surface area (Å²) in [7, 11) is 1.67. The summed E-state index contributed by atoms with van der Waals surface area (Å²) in [6, 6.07) is 1.47. The molecule has 1 rings (SSSR count). The smallest absolute Gasteiger partial charge is 0.330 e. The maximum Gasteiger partial charge on any atom is 0.330 e. The second-order valence-corrected chi connectivity index (χ2v) is 4.73. The van der Waals surface area contributed by atoms with Crippen LogP contribution < -0.4 is 16.6 Å². The number of unbranched alkanes of at least 4 members (excludes halogenated alkanes) is 1. The molecule has 0 unspecified atom stereocenters. The van der Waals surface area contributed by atoms with Gasteiger partial charge < -0.3 is 14.6 Å². The monoisotopic (exact) mass is 283 g/mol. The van der Waals surface area contributed by atoms with Crippen molar-refractivity contribution in [2.75, 3.05) is 26.8 Å². The quantitative estimate of drug-likeness (QED) is 0.633. The van der Waals surface area contributed by atoms with Crippen molar-refractivity contribution in [3.8, 4) is 0 Å². The number of hydrogen-bond donors (Lipinski definition) is 1. The van der Waals surface area contributed by atoms with E-state index in [0.717, 1.165) is 32.4 Å². The van der Waals surface area contributed by atoms with E-state index < -0.39 is 0 Å². The summed E-state index contributed by atoms with van der Waals surface area (Å²) < 4.78 is 7.85. The number of methoxy groups -OCH3 is 1. The standard InChI is InChI=1S/C14H25N3O3/c1-3-9-16-11-6-13(18)17(14(16)19)10-5-4-7-15-8-12-20-2/h6,11,15H,3-5,7-10,12H2,1-2H3. The number of nitrogens with one attached hydrogen (secondary N) is 1. The van der Waals surface area contributed by atoms with Gasteiger partial charge >= 0.3 is 5.69 Å². The molecule has 0 aliphatic rings. The van der Waals surface area contributed by atoms with Crippen molar-refractivity contribution >= 4 is 0 Å². The highest BCUT2D eigenvalue weighted by Gasteiger charge is 2.04. The molecule has 0 radical (unpaired) electrons. The van der Waals surface area contributed by atoms with Crippen molar-refractivity contribution in [3.63, 3.8) is 0 Å².